The van der Waals surface area contributed by atoms with E-state index < -0.39 is 5.09 Å². The van der Waals surface area contributed by atoms with E-state index in [1.165, 1.54) is 10.5 Å². The lowest BCUT2D eigenvalue weighted by molar-refractivity contribution is -0.975. The molecule has 0 radical (unpaired) electrons. The molecule has 0 spiro atoms. The Kier molecular flexibility index (Phi) is 8.54. The zero-order valence-electron chi connectivity index (χ0n) is 17.5. The smallest absolute Gasteiger partial charge is 0.475 e. The maximum Gasteiger partial charge on any atom is 0.475 e. The molecule has 166 valence electrons. The van der Waals surface area contributed by atoms with Crippen molar-refractivity contribution in [3.05, 3.63) is 64.1 Å². The summed E-state index contributed by atoms with van der Waals surface area (Å²) in [6.45, 7) is 2.93. The van der Waals surface area contributed by atoms with Gasteiger partial charge < -0.3 is 9.47 Å². The van der Waals surface area contributed by atoms with Gasteiger partial charge in [-0.1, -0.05) is 12.1 Å². The lowest BCUT2D eigenvalue weighted by Crippen LogP contribution is -2.24. The first-order valence-corrected chi connectivity index (χ1v) is 11.1. The molecule has 1 N–H and O–H groups in total. The van der Waals surface area contributed by atoms with Crippen LogP contribution in [-0.2, 0) is 22.7 Å². The summed E-state index contributed by atoms with van der Waals surface area (Å²) >= 11 is 1.87. The average molecular weight is 448 g/mol. The van der Waals surface area contributed by atoms with Gasteiger partial charge in [0.2, 0.25) is 0 Å². The van der Waals surface area contributed by atoms with Crippen molar-refractivity contribution in [3.63, 3.8) is 0 Å². The van der Waals surface area contributed by atoms with Crippen molar-refractivity contribution in [1.29, 1.82) is 0 Å². The van der Waals surface area contributed by atoms with Crippen molar-refractivity contribution in [2.45, 2.75) is 30.8 Å². The third-order valence-corrected chi connectivity index (χ3v) is 5.99. The average Bonchev–Trinajstić information content (AvgIpc) is 2.97. The van der Waals surface area contributed by atoms with Gasteiger partial charge in [-0.25, -0.2) is 10.0 Å². The largest absolute Gasteiger partial charge is 0.497 e. The number of esters is 1. The summed E-state index contributed by atoms with van der Waals surface area (Å²) in [6.07, 6.45) is 1.03. The van der Waals surface area contributed by atoms with Crippen LogP contribution in [0.2, 0.25) is 0 Å². The monoisotopic (exact) mass is 447 g/mol. The normalized spacial score (nSPS) is 13.7. The molecule has 2 aromatic rings. The molecule has 31 heavy (non-hydrogen) atoms. The molecule has 1 heterocycles. The first-order chi connectivity index (χ1) is 15.0. The van der Waals surface area contributed by atoms with Crippen LogP contribution in [0.5, 0.6) is 5.75 Å². The molecular formula is C22H27N2O6S+. The Morgan fingerprint density at radius 3 is 2.68 bits per heavy atom. The Morgan fingerprint density at radius 2 is 1.94 bits per heavy atom. The van der Waals surface area contributed by atoms with Crippen LogP contribution in [0.25, 0.3) is 0 Å². The van der Waals surface area contributed by atoms with E-state index in [-0.39, 0.29) is 19.2 Å². The number of carbonyl (C=O) groups excluding carboxylic acids is 1. The molecular weight excluding hydrogens is 420 g/mol. The number of rotatable bonds is 10. The topological polar surface area (TPSA) is 88.3 Å². The van der Waals surface area contributed by atoms with E-state index in [1.54, 1.807) is 19.2 Å². The third-order valence-electron chi connectivity index (χ3n) is 4.90. The number of fused-ring (bicyclic) bond motifs is 1. The van der Waals surface area contributed by atoms with Crippen LogP contribution < -0.4 is 4.74 Å². The molecule has 0 saturated heterocycles. The molecule has 3 rings (SSSR count). The van der Waals surface area contributed by atoms with E-state index in [4.69, 9.17) is 14.7 Å². The molecule has 1 aliphatic rings. The summed E-state index contributed by atoms with van der Waals surface area (Å²) in [5, 5.41) is 7.74. The minimum Gasteiger partial charge on any atom is -0.497 e. The van der Waals surface area contributed by atoms with E-state index in [1.807, 2.05) is 30.0 Å². The minimum absolute atomic E-state index is 0.0680. The summed E-state index contributed by atoms with van der Waals surface area (Å²) in [5.74, 6) is 1.52. The summed E-state index contributed by atoms with van der Waals surface area (Å²) in [7, 11) is 1.68. The second kappa shape index (κ2) is 11.6. The molecule has 0 aromatic heterocycles. The molecule has 0 fully saturated rings. The number of hydrogen-bond acceptors (Lipinski definition) is 7. The van der Waals surface area contributed by atoms with Gasteiger partial charge >= 0.3 is 11.1 Å². The van der Waals surface area contributed by atoms with Crippen molar-refractivity contribution in [2.24, 2.45) is 0 Å². The highest BCUT2D eigenvalue weighted by atomic mass is 32.2. The number of ether oxygens (including phenoxy) is 2. The lowest BCUT2D eigenvalue weighted by atomic mass is 10.1. The van der Waals surface area contributed by atoms with Crippen LogP contribution in [0.1, 0.15) is 34.3 Å². The van der Waals surface area contributed by atoms with Gasteiger partial charge in [0.05, 0.1) is 19.3 Å². The molecule has 9 heteroatoms. The van der Waals surface area contributed by atoms with Crippen molar-refractivity contribution in [3.8, 4) is 5.75 Å². The van der Waals surface area contributed by atoms with Crippen LogP contribution in [0.3, 0.4) is 0 Å². The first kappa shape index (κ1) is 22.9. The van der Waals surface area contributed by atoms with Crippen LogP contribution in [0.15, 0.2) is 47.4 Å². The highest BCUT2D eigenvalue weighted by Crippen LogP contribution is 2.31. The van der Waals surface area contributed by atoms with E-state index in [9.17, 15) is 9.70 Å². The molecule has 0 bridgehead atoms. The van der Waals surface area contributed by atoms with Crippen LogP contribution in [-0.4, -0.2) is 53.8 Å². The van der Waals surface area contributed by atoms with Crippen LogP contribution in [0.4, 0.5) is 0 Å². The SMILES string of the molecule is COc1ccc2c(c1)CN(Cc1ccc(C(=O)OCCCCO[N+](=O)O)cc1)CCS2. The van der Waals surface area contributed by atoms with Gasteiger partial charge in [0.15, 0.2) is 6.61 Å². The van der Waals surface area contributed by atoms with Gasteiger partial charge in [-0.05, 0) is 54.3 Å². The van der Waals surface area contributed by atoms with Gasteiger partial charge in [0, 0.05) is 30.3 Å². The molecule has 0 unspecified atom stereocenters. The van der Waals surface area contributed by atoms with Gasteiger partial charge in [0.1, 0.15) is 10.7 Å². The van der Waals surface area contributed by atoms with E-state index in [0.29, 0.717) is 18.4 Å². The van der Waals surface area contributed by atoms with Crippen molar-refractivity contribution >= 4 is 17.7 Å². The molecule has 2 aromatic carbocycles. The predicted octanol–water partition coefficient (Wildman–Crippen LogP) is 3.84. The molecule has 8 nitrogen and oxygen atoms in total. The van der Waals surface area contributed by atoms with Crippen molar-refractivity contribution < 1.29 is 29.4 Å². The first-order valence-electron chi connectivity index (χ1n) is 10.1. The number of hydrogen-bond donors (Lipinski definition) is 1. The molecule has 0 aliphatic carbocycles. The molecule has 0 amide bonds. The van der Waals surface area contributed by atoms with Crippen LogP contribution >= 0.6 is 11.8 Å². The quantitative estimate of drug-likeness (QED) is 0.334. The zero-order valence-corrected chi connectivity index (χ0v) is 18.3. The van der Waals surface area contributed by atoms with Crippen LogP contribution in [0, 0.1) is 4.91 Å². The number of unbranched alkanes of at least 4 members (excludes halogenated alkanes) is 1. The Labute approximate surface area is 185 Å². The van der Waals surface area contributed by atoms with Crippen molar-refractivity contribution in [1.82, 2.24) is 4.90 Å². The number of methoxy groups -OCH3 is 1. The number of benzene rings is 2. The Bertz CT molecular complexity index is 890. The van der Waals surface area contributed by atoms with Gasteiger partial charge in [-0.15, -0.1) is 11.8 Å². The number of thioether (sulfide) groups is 1. The second-order valence-corrected chi connectivity index (χ2v) is 8.28. The van der Waals surface area contributed by atoms with E-state index in [0.717, 1.165) is 36.7 Å². The summed E-state index contributed by atoms with van der Waals surface area (Å²) in [5.41, 5.74) is 2.91. The summed E-state index contributed by atoms with van der Waals surface area (Å²) in [6, 6.07) is 13.7. The van der Waals surface area contributed by atoms with Gasteiger partial charge in [-0.3, -0.25) is 4.90 Å². The Balaban J connectivity index is 1.48. The Hall–Kier alpha value is -2.78. The highest BCUT2D eigenvalue weighted by molar-refractivity contribution is 7.99. The summed E-state index contributed by atoms with van der Waals surface area (Å²) < 4.78 is 10.6. The standard InChI is InChI=1S/C22H27N2O6S/c1-28-20-8-9-21-19(14-20)16-23(10-13-31-21)15-17-4-6-18(7-5-17)22(25)29-11-2-3-12-30-24(26)27/h4-9,14H,2-3,10-13,15-16H2,1H3,(H,26,27)/q+1. The maximum absolute atomic E-state index is 12.2. The lowest BCUT2D eigenvalue weighted by Gasteiger charge is -2.20. The zero-order chi connectivity index (χ0) is 22.1. The third kappa shape index (κ3) is 7.15. The van der Waals surface area contributed by atoms with E-state index in [2.05, 4.69) is 21.9 Å². The van der Waals surface area contributed by atoms with Crippen molar-refractivity contribution in [2.75, 3.05) is 32.6 Å². The fourth-order valence-electron chi connectivity index (χ4n) is 3.29. The number of carbonyl (C=O) groups is 1. The molecule has 0 atom stereocenters. The fraction of sp³-hybridized carbons (Fsp3) is 0.409. The minimum atomic E-state index is -0.576. The number of nitrogens with zero attached hydrogens (tertiary/aromatic N) is 2. The fourth-order valence-corrected chi connectivity index (χ4v) is 4.33. The Morgan fingerprint density at radius 1 is 1.16 bits per heavy atom. The van der Waals surface area contributed by atoms with E-state index >= 15 is 0 Å². The molecule has 0 saturated carbocycles. The predicted molar refractivity (Wildman–Crippen MR) is 115 cm³/mol. The summed E-state index contributed by atoms with van der Waals surface area (Å²) in [4.78, 5) is 30.4. The van der Waals surface area contributed by atoms with Gasteiger partial charge in [-0.2, -0.15) is 4.84 Å². The highest BCUT2D eigenvalue weighted by Gasteiger charge is 2.16. The second-order valence-electron chi connectivity index (χ2n) is 7.14. The molecule has 1 aliphatic heterocycles. The maximum atomic E-state index is 12.2. The van der Waals surface area contributed by atoms with Gasteiger partial charge in [0.25, 0.3) is 0 Å².